The van der Waals surface area contributed by atoms with Gasteiger partial charge in [-0.2, -0.15) is 11.8 Å². The molecule has 4 nitrogen and oxygen atoms in total. The van der Waals surface area contributed by atoms with Gasteiger partial charge in [0.2, 0.25) is 5.91 Å². The number of rotatable bonds is 8. The summed E-state index contributed by atoms with van der Waals surface area (Å²) in [5.74, 6) is 0.863. The molecule has 3 N–H and O–H groups in total. The lowest BCUT2D eigenvalue weighted by molar-refractivity contribution is -0.122. The van der Waals surface area contributed by atoms with Gasteiger partial charge in [-0.25, -0.2) is 0 Å². The van der Waals surface area contributed by atoms with Crippen LogP contribution in [-0.4, -0.2) is 37.0 Å². The van der Waals surface area contributed by atoms with Gasteiger partial charge in [0, 0.05) is 22.9 Å². The third-order valence-corrected chi connectivity index (χ3v) is 6.13. The number of benzene rings is 2. The lowest BCUT2D eigenvalue weighted by atomic mass is 10.2. The number of nitrogens with two attached hydrogens (primary N) is 1. The van der Waals surface area contributed by atoms with E-state index in [0.717, 1.165) is 25.1 Å². The molecular weight excluding hydrogens is 362 g/mol. The molecule has 6 heteroatoms. The molecule has 0 aliphatic carbocycles. The molecule has 0 unspecified atom stereocenters. The van der Waals surface area contributed by atoms with Gasteiger partial charge in [0.25, 0.3) is 0 Å². The van der Waals surface area contributed by atoms with Crippen LogP contribution in [0.1, 0.15) is 12.8 Å². The fourth-order valence-corrected chi connectivity index (χ4v) is 4.56. The molecule has 2 aromatic carbocycles. The Hall–Kier alpha value is -1.63. The average Bonchev–Trinajstić information content (AvgIpc) is 2.68. The van der Waals surface area contributed by atoms with Crippen LogP contribution in [0.15, 0.2) is 58.3 Å². The average molecular weight is 388 g/mol. The normalized spacial score (nSPS) is 13.7. The Morgan fingerprint density at radius 2 is 1.77 bits per heavy atom. The van der Waals surface area contributed by atoms with Crippen molar-refractivity contribution in [2.75, 3.05) is 30.0 Å². The monoisotopic (exact) mass is 387 g/mol. The summed E-state index contributed by atoms with van der Waals surface area (Å²) in [6, 6.07) is 16.5. The Balaban J connectivity index is 1.59. The van der Waals surface area contributed by atoms with E-state index in [4.69, 9.17) is 5.73 Å². The standard InChI is InChI=1S/C20H25N3OS2/c1-25-14-11-15(21)20(24)22-12-6-13-23-16-7-2-4-9-18(16)26-19-10-5-3-8-17(19)23/h2-5,7-10,15H,6,11-14,21H2,1H3,(H,22,24)/t15-/m0/s1. The van der Waals surface area contributed by atoms with Crippen molar-refractivity contribution < 1.29 is 4.79 Å². The van der Waals surface area contributed by atoms with Crippen LogP contribution in [0, 0.1) is 0 Å². The number of amides is 1. The minimum absolute atomic E-state index is 0.0472. The van der Waals surface area contributed by atoms with Gasteiger partial charge in [0.15, 0.2) is 0 Å². The molecule has 0 saturated carbocycles. The zero-order valence-corrected chi connectivity index (χ0v) is 16.6. The molecule has 138 valence electrons. The number of nitrogens with zero attached hydrogens (tertiary/aromatic N) is 1. The fraction of sp³-hybridized carbons (Fsp3) is 0.350. The molecule has 0 spiro atoms. The second-order valence-corrected chi connectivity index (χ2v) is 8.29. The lowest BCUT2D eigenvalue weighted by Gasteiger charge is -2.32. The second-order valence-electron chi connectivity index (χ2n) is 6.22. The molecule has 1 atom stereocenters. The van der Waals surface area contributed by atoms with Gasteiger partial charge in [0.1, 0.15) is 0 Å². The van der Waals surface area contributed by atoms with Crippen LogP contribution in [-0.2, 0) is 4.79 Å². The van der Waals surface area contributed by atoms with E-state index < -0.39 is 6.04 Å². The summed E-state index contributed by atoms with van der Waals surface area (Å²) in [4.78, 5) is 16.9. The fourth-order valence-electron chi connectivity index (χ4n) is 2.98. The third-order valence-electron chi connectivity index (χ3n) is 4.36. The van der Waals surface area contributed by atoms with Crippen molar-refractivity contribution in [3.05, 3.63) is 48.5 Å². The second kappa shape index (κ2) is 9.35. The Labute approximate surface area is 163 Å². The summed E-state index contributed by atoms with van der Waals surface area (Å²) < 4.78 is 0. The van der Waals surface area contributed by atoms with Gasteiger partial charge in [-0.3, -0.25) is 4.79 Å². The van der Waals surface area contributed by atoms with E-state index in [0.29, 0.717) is 6.54 Å². The topological polar surface area (TPSA) is 58.4 Å². The van der Waals surface area contributed by atoms with Gasteiger partial charge < -0.3 is 16.0 Å². The first-order valence-corrected chi connectivity index (χ1v) is 11.1. The summed E-state index contributed by atoms with van der Waals surface area (Å²) in [6.07, 6.45) is 3.61. The molecule has 1 amide bonds. The van der Waals surface area contributed by atoms with E-state index in [1.165, 1.54) is 21.2 Å². The molecule has 26 heavy (non-hydrogen) atoms. The maximum atomic E-state index is 12.0. The molecule has 0 fully saturated rings. The van der Waals surface area contributed by atoms with E-state index in [-0.39, 0.29) is 5.91 Å². The predicted molar refractivity (Wildman–Crippen MR) is 113 cm³/mol. The number of hydrogen-bond acceptors (Lipinski definition) is 5. The molecule has 0 bridgehead atoms. The van der Waals surface area contributed by atoms with Crippen LogP contribution in [0.25, 0.3) is 0 Å². The van der Waals surface area contributed by atoms with Crippen LogP contribution < -0.4 is 16.0 Å². The zero-order valence-electron chi connectivity index (χ0n) is 15.0. The molecule has 3 rings (SSSR count). The number of anilines is 2. The first-order chi connectivity index (χ1) is 12.7. The Kier molecular flexibility index (Phi) is 6.88. The smallest absolute Gasteiger partial charge is 0.236 e. The lowest BCUT2D eigenvalue weighted by Crippen LogP contribution is -2.41. The summed E-state index contributed by atoms with van der Waals surface area (Å²) in [6.45, 7) is 1.49. The summed E-state index contributed by atoms with van der Waals surface area (Å²) in [5.41, 5.74) is 8.39. The number of para-hydroxylation sites is 2. The SMILES string of the molecule is CSCC[C@H](N)C(=O)NCCCN1c2ccccc2Sc2ccccc21. The van der Waals surface area contributed by atoms with Gasteiger partial charge >= 0.3 is 0 Å². The number of fused-ring (bicyclic) bond motifs is 2. The molecule has 1 heterocycles. The highest BCUT2D eigenvalue weighted by Gasteiger charge is 2.22. The first kappa shape index (κ1) is 19.1. The molecule has 2 aromatic rings. The van der Waals surface area contributed by atoms with Crippen LogP contribution in [0.5, 0.6) is 0 Å². The summed E-state index contributed by atoms with van der Waals surface area (Å²) >= 11 is 3.52. The van der Waals surface area contributed by atoms with Gasteiger partial charge in [-0.05, 0) is 49.1 Å². The van der Waals surface area contributed by atoms with Crippen molar-refractivity contribution in [2.24, 2.45) is 5.73 Å². The number of thioether (sulfide) groups is 1. The Morgan fingerprint density at radius 3 is 2.38 bits per heavy atom. The van der Waals surface area contributed by atoms with E-state index >= 15 is 0 Å². The van der Waals surface area contributed by atoms with Crippen molar-refractivity contribution in [1.29, 1.82) is 0 Å². The molecule has 1 aliphatic rings. The largest absolute Gasteiger partial charge is 0.355 e. The number of hydrogen-bond donors (Lipinski definition) is 2. The van der Waals surface area contributed by atoms with Crippen LogP contribution in [0.2, 0.25) is 0 Å². The molecule has 0 saturated heterocycles. The molecule has 0 aromatic heterocycles. The van der Waals surface area contributed by atoms with Crippen LogP contribution >= 0.6 is 23.5 Å². The van der Waals surface area contributed by atoms with E-state index in [2.05, 4.69) is 58.7 Å². The maximum Gasteiger partial charge on any atom is 0.236 e. The van der Waals surface area contributed by atoms with Crippen molar-refractivity contribution in [3.8, 4) is 0 Å². The van der Waals surface area contributed by atoms with E-state index in [1.54, 1.807) is 11.8 Å². The van der Waals surface area contributed by atoms with E-state index in [9.17, 15) is 4.79 Å². The Bertz CT molecular complexity index is 708. The Morgan fingerprint density at radius 1 is 1.15 bits per heavy atom. The quantitative estimate of drug-likeness (QED) is 0.673. The maximum absolute atomic E-state index is 12.0. The highest BCUT2D eigenvalue weighted by molar-refractivity contribution is 7.99. The highest BCUT2D eigenvalue weighted by Crippen LogP contribution is 2.47. The van der Waals surface area contributed by atoms with Gasteiger partial charge in [-0.1, -0.05) is 36.0 Å². The summed E-state index contributed by atoms with van der Waals surface area (Å²) in [5, 5.41) is 2.97. The predicted octanol–water partition coefficient (Wildman–Crippen LogP) is 3.88. The van der Waals surface area contributed by atoms with Gasteiger partial charge in [0.05, 0.1) is 17.4 Å². The van der Waals surface area contributed by atoms with E-state index in [1.807, 2.05) is 18.0 Å². The minimum Gasteiger partial charge on any atom is -0.355 e. The van der Waals surface area contributed by atoms with Crippen molar-refractivity contribution >= 4 is 40.8 Å². The van der Waals surface area contributed by atoms with Crippen LogP contribution in [0.3, 0.4) is 0 Å². The van der Waals surface area contributed by atoms with Crippen molar-refractivity contribution in [1.82, 2.24) is 5.32 Å². The number of carbonyl (C=O) groups excluding carboxylic acids is 1. The first-order valence-electron chi connectivity index (χ1n) is 8.86. The summed E-state index contributed by atoms with van der Waals surface area (Å²) in [7, 11) is 0. The van der Waals surface area contributed by atoms with Gasteiger partial charge in [-0.15, -0.1) is 0 Å². The van der Waals surface area contributed by atoms with Crippen LogP contribution in [0.4, 0.5) is 11.4 Å². The molecule has 1 aliphatic heterocycles. The number of carbonyl (C=O) groups is 1. The van der Waals surface area contributed by atoms with Crippen molar-refractivity contribution in [3.63, 3.8) is 0 Å². The molecule has 0 radical (unpaired) electrons. The third kappa shape index (κ3) is 4.55. The van der Waals surface area contributed by atoms with Crippen molar-refractivity contribution in [2.45, 2.75) is 28.7 Å². The number of nitrogens with one attached hydrogen (secondary N) is 1. The molecular formula is C20H25N3OS2. The minimum atomic E-state index is -0.407. The zero-order chi connectivity index (χ0) is 18.4. The highest BCUT2D eigenvalue weighted by atomic mass is 32.2.